The van der Waals surface area contributed by atoms with Crippen molar-refractivity contribution in [2.45, 2.75) is 6.61 Å². The van der Waals surface area contributed by atoms with Crippen LogP contribution in [0.25, 0.3) is 11.0 Å². The maximum absolute atomic E-state index is 12.3. The quantitative estimate of drug-likeness (QED) is 0.236. The molecule has 0 fully saturated rings. The van der Waals surface area contributed by atoms with E-state index in [1.165, 1.54) is 0 Å². The number of ether oxygens (including phenoxy) is 1. The number of rotatable bonds is 6. The van der Waals surface area contributed by atoms with E-state index < -0.39 is 5.91 Å². The summed E-state index contributed by atoms with van der Waals surface area (Å²) in [6.07, 6.45) is 1.54. The third-order valence-corrected chi connectivity index (χ3v) is 5.32. The molecule has 0 bridgehead atoms. The number of hydrogen-bond donors (Lipinski definition) is 1. The maximum atomic E-state index is 12.3. The molecule has 7 heteroatoms. The Morgan fingerprint density at radius 3 is 2.57 bits per heavy atom. The van der Waals surface area contributed by atoms with Crippen LogP contribution in [-0.2, 0) is 6.61 Å². The fourth-order valence-corrected chi connectivity index (χ4v) is 3.45. The number of benzene rings is 3. The van der Waals surface area contributed by atoms with Crippen LogP contribution in [0.2, 0.25) is 0 Å². The molecule has 0 saturated carbocycles. The summed E-state index contributed by atoms with van der Waals surface area (Å²) in [5.41, 5.74) is 4.92. The molecule has 3 aromatic carbocycles. The zero-order valence-corrected chi connectivity index (χ0v) is 18.8. The summed E-state index contributed by atoms with van der Waals surface area (Å²) in [5, 5.41) is 4.93. The summed E-state index contributed by atoms with van der Waals surface area (Å²) in [6, 6.07) is 22.7. The molecular weight excluding hydrogens is 512 g/mol. The average molecular weight is 528 g/mol. The first kappa shape index (κ1) is 20.4. The van der Waals surface area contributed by atoms with E-state index in [4.69, 9.17) is 9.15 Å². The van der Waals surface area contributed by atoms with Gasteiger partial charge in [-0.2, -0.15) is 5.10 Å². The van der Waals surface area contributed by atoms with Gasteiger partial charge in [0.15, 0.2) is 5.76 Å². The molecule has 4 aromatic rings. The lowest BCUT2D eigenvalue weighted by atomic mass is 10.2. The van der Waals surface area contributed by atoms with Gasteiger partial charge >= 0.3 is 5.91 Å². The van der Waals surface area contributed by atoms with Crippen LogP contribution in [0, 0.1) is 0 Å². The lowest BCUT2D eigenvalue weighted by Gasteiger charge is -2.10. The van der Waals surface area contributed by atoms with Gasteiger partial charge in [-0.15, -0.1) is 0 Å². The molecule has 0 aliphatic heterocycles. The SMILES string of the molecule is O=C(N/N=C/c1cc(Br)ccc1OCc1ccc(Br)cc1)c1cc2ccccc2o1. The third kappa shape index (κ3) is 4.98. The van der Waals surface area contributed by atoms with Crippen molar-refractivity contribution in [1.29, 1.82) is 0 Å². The molecule has 1 amide bonds. The molecule has 30 heavy (non-hydrogen) atoms. The van der Waals surface area contributed by atoms with Crippen molar-refractivity contribution in [3.63, 3.8) is 0 Å². The maximum Gasteiger partial charge on any atom is 0.307 e. The van der Waals surface area contributed by atoms with Gasteiger partial charge in [-0.1, -0.05) is 62.2 Å². The number of hydrogen-bond acceptors (Lipinski definition) is 4. The first-order valence-electron chi connectivity index (χ1n) is 9.07. The van der Waals surface area contributed by atoms with E-state index in [1.807, 2.05) is 66.7 Å². The van der Waals surface area contributed by atoms with Gasteiger partial charge < -0.3 is 9.15 Å². The average Bonchev–Trinajstić information content (AvgIpc) is 3.19. The van der Waals surface area contributed by atoms with Crippen molar-refractivity contribution in [3.8, 4) is 5.75 Å². The van der Waals surface area contributed by atoms with Crippen LogP contribution in [0.15, 0.2) is 91.3 Å². The first-order chi connectivity index (χ1) is 14.6. The van der Waals surface area contributed by atoms with Gasteiger partial charge in [0.1, 0.15) is 17.9 Å². The van der Waals surface area contributed by atoms with Gasteiger partial charge in [-0.05, 0) is 48.0 Å². The normalized spacial score (nSPS) is 11.1. The molecule has 0 atom stereocenters. The Labute approximate surface area is 190 Å². The van der Waals surface area contributed by atoms with Crippen molar-refractivity contribution in [2.75, 3.05) is 0 Å². The summed E-state index contributed by atoms with van der Waals surface area (Å²) in [7, 11) is 0. The van der Waals surface area contributed by atoms with Gasteiger partial charge in [0.2, 0.25) is 0 Å². The number of carbonyl (C=O) groups excluding carboxylic acids is 1. The third-order valence-electron chi connectivity index (χ3n) is 4.30. The molecule has 0 unspecified atom stereocenters. The van der Waals surface area contributed by atoms with Gasteiger partial charge in [0.05, 0.1) is 6.21 Å². The Morgan fingerprint density at radius 1 is 1.00 bits per heavy atom. The highest BCUT2D eigenvalue weighted by Gasteiger charge is 2.11. The second kappa shape index (κ2) is 9.28. The number of amides is 1. The fourth-order valence-electron chi connectivity index (χ4n) is 2.80. The molecule has 1 heterocycles. The smallest absolute Gasteiger partial charge is 0.307 e. The number of fused-ring (bicyclic) bond motifs is 1. The van der Waals surface area contributed by atoms with Crippen LogP contribution >= 0.6 is 31.9 Å². The largest absolute Gasteiger partial charge is 0.488 e. The Morgan fingerprint density at radius 2 is 1.77 bits per heavy atom. The zero-order valence-electron chi connectivity index (χ0n) is 15.6. The van der Waals surface area contributed by atoms with E-state index in [0.29, 0.717) is 17.9 Å². The molecule has 1 N–H and O–H groups in total. The molecular formula is C23H16Br2N2O3. The highest BCUT2D eigenvalue weighted by atomic mass is 79.9. The second-order valence-electron chi connectivity index (χ2n) is 6.44. The topological polar surface area (TPSA) is 63.8 Å². The first-order valence-corrected chi connectivity index (χ1v) is 10.7. The lowest BCUT2D eigenvalue weighted by molar-refractivity contribution is 0.0929. The molecule has 0 aliphatic carbocycles. The number of nitrogens with one attached hydrogen (secondary N) is 1. The van der Waals surface area contributed by atoms with Crippen LogP contribution in [0.1, 0.15) is 21.7 Å². The van der Waals surface area contributed by atoms with Crippen LogP contribution in [0.4, 0.5) is 0 Å². The molecule has 5 nitrogen and oxygen atoms in total. The number of nitrogens with zero attached hydrogens (tertiary/aromatic N) is 1. The van der Waals surface area contributed by atoms with Crippen LogP contribution in [0.5, 0.6) is 5.75 Å². The van der Waals surface area contributed by atoms with Gasteiger partial charge in [-0.3, -0.25) is 4.79 Å². The number of carbonyl (C=O) groups is 1. The van der Waals surface area contributed by atoms with Crippen molar-refractivity contribution in [1.82, 2.24) is 5.43 Å². The van der Waals surface area contributed by atoms with E-state index in [-0.39, 0.29) is 5.76 Å². The van der Waals surface area contributed by atoms with Crippen molar-refractivity contribution in [3.05, 3.63) is 98.6 Å². The summed E-state index contributed by atoms with van der Waals surface area (Å²) >= 11 is 6.88. The zero-order chi connectivity index (χ0) is 20.9. The number of para-hydroxylation sites is 1. The van der Waals surface area contributed by atoms with E-state index in [0.717, 1.165) is 25.5 Å². The molecule has 150 valence electrons. The monoisotopic (exact) mass is 526 g/mol. The predicted molar refractivity (Wildman–Crippen MR) is 124 cm³/mol. The Hall–Kier alpha value is -2.90. The van der Waals surface area contributed by atoms with Crippen LogP contribution in [-0.4, -0.2) is 12.1 Å². The van der Waals surface area contributed by atoms with Crippen LogP contribution < -0.4 is 10.2 Å². The Balaban J connectivity index is 1.45. The molecule has 1 aromatic heterocycles. The molecule has 0 radical (unpaired) electrons. The van der Waals surface area contributed by atoms with E-state index in [9.17, 15) is 4.79 Å². The minimum absolute atomic E-state index is 0.203. The highest BCUT2D eigenvalue weighted by Crippen LogP contribution is 2.23. The molecule has 0 aliphatic rings. The van der Waals surface area contributed by atoms with E-state index in [1.54, 1.807) is 12.3 Å². The summed E-state index contributed by atoms with van der Waals surface area (Å²) in [6.45, 7) is 0.418. The Kier molecular flexibility index (Phi) is 6.30. The standard InChI is InChI=1S/C23H16Br2N2O3/c24-18-7-5-15(6-8-18)14-29-20-10-9-19(25)11-17(20)13-26-27-23(28)22-12-16-3-1-2-4-21(16)30-22/h1-13H,14H2,(H,27,28)/b26-13+. The van der Waals surface area contributed by atoms with Gasteiger partial charge in [-0.25, -0.2) is 5.43 Å². The van der Waals surface area contributed by atoms with E-state index in [2.05, 4.69) is 42.4 Å². The van der Waals surface area contributed by atoms with Crippen molar-refractivity contribution in [2.24, 2.45) is 5.10 Å². The van der Waals surface area contributed by atoms with Crippen molar-refractivity contribution < 1.29 is 13.9 Å². The summed E-state index contributed by atoms with van der Waals surface area (Å²) < 4.78 is 13.4. The highest BCUT2D eigenvalue weighted by molar-refractivity contribution is 9.10. The number of furan rings is 1. The summed E-state index contributed by atoms with van der Waals surface area (Å²) in [4.78, 5) is 12.3. The Bertz CT molecular complexity index is 1180. The van der Waals surface area contributed by atoms with Gasteiger partial charge in [0.25, 0.3) is 0 Å². The van der Waals surface area contributed by atoms with Crippen molar-refractivity contribution >= 4 is 55.0 Å². The molecule has 4 rings (SSSR count). The number of halogens is 2. The molecule has 0 saturated heterocycles. The summed E-state index contributed by atoms with van der Waals surface area (Å²) in [5.74, 6) is 0.437. The van der Waals surface area contributed by atoms with Gasteiger partial charge in [0, 0.05) is 19.9 Å². The number of hydrazone groups is 1. The molecule has 0 spiro atoms. The predicted octanol–water partition coefficient (Wildman–Crippen LogP) is 6.30. The fraction of sp³-hybridized carbons (Fsp3) is 0.0435. The lowest BCUT2D eigenvalue weighted by Crippen LogP contribution is -2.16. The van der Waals surface area contributed by atoms with E-state index >= 15 is 0 Å². The minimum atomic E-state index is -0.422. The van der Waals surface area contributed by atoms with Crippen LogP contribution in [0.3, 0.4) is 0 Å². The second-order valence-corrected chi connectivity index (χ2v) is 8.28. The minimum Gasteiger partial charge on any atom is -0.488 e.